The van der Waals surface area contributed by atoms with Crippen molar-refractivity contribution in [3.63, 3.8) is 0 Å². The van der Waals surface area contributed by atoms with Crippen molar-refractivity contribution in [2.24, 2.45) is 0 Å². The smallest absolute Gasteiger partial charge is 0.252 e. The number of thiol groups is 2. The molecule has 48 heavy (non-hydrogen) atoms. The second-order valence-corrected chi connectivity index (χ2v) is 11.8. The van der Waals surface area contributed by atoms with Crippen LogP contribution in [0.4, 0.5) is 11.4 Å². The summed E-state index contributed by atoms with van der Waals surface area (Å²) < 4.78 is 0. The molecular weight excluding hydrogens is 643 g/mol. The fourth-order valence-corrected chi connectivity index (χ4v) is 5.03. The Labute approximate surface area is 293 Å². The van der Waals surface area contributed by atoms with Gasteiger partial charge in [0.25, 0.3) is 11.8 Å². The minimum absolute atomic E-state index is 0.0176. The predicted octanol–water partition coefficient (Wildman–Crippen LogP) is 7.20. The number of carbonyl (C=O) groups excluding carboxylic acids is 4. The number of rotatable bonds is 16. The van der Waals surface area contributed by atoms with Gasteiger partial charge in [0.05, 0.1) is 23.0 Å². The maximum absolute atomic E-state index is 12.0. The van der Waals surface area contributed by atoms with E-state index in [1.165, 1.54) is 0 Å². The van der Waals surface area contributed by atoms with Crippen LogP contribution in [0.2, 0.25) is 0 Å². The van der Waals surface area contributed by atoms with Gasteiger partial charge in [0.15, 0.2) is 0 Å². The third kappa shape index (κ3) is 14.9. The quantitative estimate of drug-likeness (QED) is 0.0549. The van der Waals surface area contributed by atoms with Crippen LogP contribution in [-0.2, 0) is 9.59 Å². The van der Waals surface area contributed by atoms with Crippen LogP contribution in [0.1, 0.15) is 72.1 Å². The molecule has 1 heterocycles. The van der Waals surface area contributed by atoms with Gasteiger partial charge in [-0.15, -0.1) is 25.3 Å². The molecule has 4 N–H and O–H groups in total. The zero-order chi connectivity index (χ0) is 34.4. The number of para-hydroxylation sites is 1. The van der Waals surface area contributed by atoms with E-state index < -0.39 is 0 Å². The molecule has 0 unspecified atom stereocenters. The van der Waals surface area contributed by atoms with Crippen LogP contribution in [0.15, 0.2) is 113 Å². The number of benzene rings is 3. The molecule has 4 amide bonds. The Kier molecular flexibility index (Phi) is 17.4. The van der Waals surface area contributed by atoms with Gasteiger partial charge in [0, 0.05) is 47.6 Å². The van der Waals surface area contributed by atoms with E-state index in [0.717, 1.165) is 44.2 Å². The number of pyridine rings is 1. The summed E-state index contributed by atoms with van der Waals surface area (Å²) in [5, 5.41) is 11.4. The monoisotopic (exact) mass is 685 g/mol. The largest absolute Gasteiger partial charge is 0.352 e. The highest BCUT2D eigenvalue weighted by Gasteiger charge is 2.09. The topological polar surface area (TPSA) is 129 Å². The van der Waals surface area contributed by atoms with Crippen molar-refractivity contribution in [1.82, 2.24) is 15.6 Å². The number of unbranched alkanes of at least 4 members (excludes halogenated alkanes) is 4. The molecule has 1 aromatic heterocycles. The molecule has 3 aromatic carbocycles. The maximum atomic E-state index is 12.0. The van der Waals surface area contributed by atoms with E-state index in [2.05, 4.69) is 51.5 Å². The second kappa shape index (κ2) is 22.0. The van der Waals surface area contributed by atoms with Crippen LogP contribution >= 0.6 is 25.3 Å². The Balaban J connectivity index is 0.000000260. The van der Waals surface area contributed by atoms with Crippen LogP contribution in [0.3, 0.4) is 0 Å². The van der Waals surface area contributed by atoms with Crippen LogP contribution in [0, 0.1) is 0 Å². The second-order valence-electron chi connectivity index (χ2n) is 10.9. The number of hydrogen-bond acceptors (Lipinski definition) is 7. The molecule has 0 aliphatic heterocycles. The standard InChI is InChI=1S/C19H22N2O2S.C18H21N3O2S/c22-18(21-15-9-3-1-4-10-15)13-5-2-8-14-20-19(23)16-11-6-7-12-17(16)24;22-17(21-14-7-6-11-19-13-14)10-2-1-5-12-20-18(23)15-8-3-4-9-16(15)24/h1,3-4,6-7,9-12,24H,2,5,8,13-14H2,(H,20,23)(H,21,22);3-4,6-9,11,13,24H,1-2,5,10,12H2,(H,20,23)(H,21,22). The third-order valence-electron chi connectivity index (χ3n) is 7.03. The zero-order valence-corrected chi connectivity index (χ0v) is 28.6. The van der Waals surface area contributed by atoms with Gasteiger partial charge in [-0.25, -0.2) is 0 Å². The van der Waals surface area contributed by atoms with Gasteiger partial charge in [-0.2, -0.15) is 0 Å². The fourth-order valence-electron chi connectivity index (χ4n) is 4.51. The van der Waals surface area contributed by atoms with E-state index in [4.69, 9.17) is 0 Å². The van der Waals surface area contributed by atoms with E-state index in [1.54, 1.807) is 48.8 Å². The molecule has 4 aromatic rings. The number of nitrogens with one attached hydrogen (secondary N) is 4. The van der Waals surface area contributed by atoms with Gasteiger partial charge in [-0.05, 0) is 74.2 Å². The van der Waals surface area contributed by atoms with Crippen molar-refractivity contribution in [3.8, 4) is 0 Å². The molecule has 0 fully saturated rings. The molecule has 0 aliphatic rings. The zero-order valence-electron chi connectivity index (χ0n) is 26.9. The summed E-state index contributed by atoms with van der Waals surface area (Å²) in [4.78, 5) is 52.8. The van der Waals surface area contributed by atoms with Crippen molar-refractivity contribution in [3.05, 3.63) is 115 Å². The fraction of sp³-hybridized carbons (Fsp3) is 0.270. The van der Waals surface area contributed by atoms with Gasteiger partial charge in [-0.1, -0.05) is 55.3 Å². The first-order valence-corrected chi connectivity index (χ1v) is 16.9. The SMILES string of the molecule is O=C(CCCCCNC(=O)c1ccccc1S)Nc1ccccc1.O=C(CCCCCNC(=O)c1ccccc1S)Nc1cccnc1. The van der Waals surface area contributed by atoms with Crippen LogP contribution in [0.5, 0.6) is 0 Å². The summed E-state index contributed by atoms with van der Waals surface area (Å²) in [5.74, 6) is -0.220. The first kappa shape index (κ1) is 37.8. The van der Waals surface area contributed by atoms with Crippen LogP contribution in [0.25, 0.3) is 0 Å². The first-order chi connectivity index (χ1) is 23.3. The minimum atomic E-state index is -0.116. The van der Waals surface area contributed by atoms with E-state index in [9.17, 15) is 19.2 Å². The summed E-state index contributed by atoms with van der Waals surface area (Å²) in [6, 6.07) is 27.4. The highest BCUT2D eigenvalue weighted by atomic mass is 32.1. The van der Waals surface area contributed by atoms with E-state index in [-0.39, 0.29) is 23.6 Å². The van der Waals surface area contributed by atoms with Gasteiger partial charge in [0.2, 0.25) is 11.8 Å². The van der Waals surface area contributed by atoms with Crippen molar-refractivity contribution in [2.75, 3.05) is 23.7 Å². The third-order valence-corrected chi connectivity index (χ3v) is 7.81. The minimum Gasteiger partial charge on any atom is -0.352 e. The highest BCUT2D eigenvalue weighted by Crippen LogP contribution is 2.14. The van der Waals surface area contributed by atoms with Gasteiger partial charge in [0.1, 0.15) is 0 Å². The van der Waals surface area contributed by atoms with Gasteiger partial charge >= 0.3 is 0 Å². The molecule has 0 radical (unpaired) electrons. The van der Waals surface area contributed by atoms with E-state index >= 15 is 0 Å². The van der Waals surface area contributed by atoms with Crippen molar-refractivity contribution in [1.29, 1.82) is 0 Å². The lowest BCUT2D eigenvalue weighted by molar-refractivity contribution is -0.117. The molecule has 0 aliphatic carbocycles. The highest BCUT2D eigenvalue weighted by molar-refractivity contribution is 7.80. The molecular formula is C37H43N5O4S2. The molecule has 4 rings (SSSR count). The van der Waals surface area contributed by atoms with Crippen LogP contribution in [-0.4, -0.2) is 41.7 Å². The summed E-state index contributed by atoms with van der Waals surface area (Å²) in [6.07, 6.45) is 9.27. The molecule has 252 valence electrons. The Morgan fingerprint density at radius 3 is 1.46 bits per heavy atom. The van der Waals surface area contributed by atoms with Gasteiger partial charge in [-0.3, -0.25) is 24.2 Å². The number of carbonyl (C=O) groups is 4. The summed E-state index contributed by atoms with van der Waals surface area (Å²) in [7, 11) is 0. The van der Waals surface area contributed by atoms with Crippen LogP contribution < -0.4 is 21.3 Å². The summed E-state index contributed by atoms with van der Waals surface area (Å²) in [6.45, 7) is 1.19. The number of anilines is 2. The molecule has 0 bridgehead atoms. The predicted molar refractivity (Wildman–Crippen MR) is 197 cm³/mol. The number of hydrogen-bond donors (Lipinski definition) is 6. The lowest BCUT2D eigenvalue weighted by Crippen LogP contribution is -2.24. The number of aromatic nitrogens is 1. The Bertz CT molecular complexity index is 1470. The summed E-state index contributed by atoms with van der Waals surface area (Å²) >= 11 is 8.54. The molecule has 9 nitrogen and oxygen atoms in total. The van der Waals surface area contributed by atoms with Crippen molar-refractivity contribution >= 4 is 60.3 Å². The normalized spacial score (nSPS) is 10.2. The summed E-state index contributed by atoms with van der Waals surface area (Å²) in [5.41, 5.74) is 2.69. The Morgan fingerprint density at radius 2 is 0.979 bits per heavy atom. The van der Waals surface area contributed by atoms with Crippen molar-refractivity contribution < 1.29 is 19.2 Å². The molecule has 11 heteroatoms. The number of nitrogens with zero attached hydrogens (tertiary/aromatic N) is 1. The molecule has 0 spiro atoms. The van der Waals surface area contributed by atoms with E-state index in [0.29, 0.717) is 52.5 Å². The van der Waals surface area contributed by atoms with Gasteiger partial charge < -0.3 is 21.3 Å². The molecule has 0 saturated carbocycles. The first-order valence-electron chi connectivity index (χ1n) is 16.0. The Morgan fingerprint density at radius 1 is 0.521 bits per heavy atom. The average Bonchev–Trinajstić information content (AvgIpc) is 3.09. The Hall–Kier alpha value is -4.61. The lowest BCUT2D eigenvalue weighted by atomic mass is 10.1. The maximum Gasteiger partial charge on any atom is 0.252 e. The average molecular weight is 686 g/mol. The van der Waals surface area contributed by atoms with Crippen molar-refractivity contribution in [2.45, 2.75) is 61.2 Å². The molecule has 0 saturated heterocycles. The molecule has 0 atom stereocenters. The lowest BCUT2D eigenvalue weighted by Gasteiger charge is -2.07. The number of amides is 4. The van der Waals surface area contributed by atoms with E-state index in [1.807, 2.05) is 54.6 Å².